The van der Waals surface area contributed by atoms with Gasteiger partial charge in [-0.2, -0.15) is 0 Å². The molecule has 1 amide bonds. The molecule has 1 heterocycles. The summed E-state index contributed by atoms with van der Waals surface area (Å²) in [5.74, 6) is 0.0740. The first-order chi connectivity index (χ1) is 10.0. The number of piperidine rings is 1. The molecule has 0 saturated carbocycles. The average molecular weight is 294 g/mol. The summed E-state index contributed by atoms with van der Waals surface area (Å²) in [4.78, 5) is 12.3. The third-order valence-corrected chi connectivity index (χ3v) is 4.02. The van der Waals surface area contributed by atoms with Crippen LogP contribution in [-0.4, -0.2) is 25.6 Å². The molecule has 0 aromatic heterocycles. The second kappa shape index (κ2) is 6.89. The highest BCUT2D eigenvalue weighted by Gasteiger charge is 2.27. The number of halogens is 1. The minimum Gasteiger partial charge on any atom is -0.496 e. The van der Waals surface area contributed by atoms with Gasteiger partial charge in [-0.25, -0.2) is 4.39 Å². The maximum Gasteiger partial charge on any atom is 0.223 e. The van der Waals surface area contributed by atoms with Crippen LogP contribution >= 0.6 is 0 Å². The molecule has 116 valence electrons. The van der Waals surface area contributed by atoms with Crippen LogP contribution in [0.15, 0.2) is 18.2 Å². The van der Waals surface area contributed by atoms with E-state index in [9.17, 15) is 9.18 Å². The molecule has 1 saturated heterocycles. The lowest BCUT2D eigenvalue weighted by atomic mass is 9.92. The monoisotopic (exact) mass is 294 g/mol. The smallest absolute Gasteiger partial charge is 0.223 e. The third kappa shape index (κ3) is 3.73. The van der Waals surface area contributed by atoms with E-state index >= 15 is 0 Å². The van der Waals surface area contributed by atoms with Gasteiger partial charge in [0.2, 0.25) is 5.91 Å². The van der Waals surface area contributed by atoms with Crippen molar-refractivity contribution in [3.8, 4) is 5.75 Å². The predicted octanol–water partition coefficient (Wildman–Crippen LogP) is 2.40. The Morgan fingerprint density at radius 2 is 2.29 bits per heavy atom. The number of carbonyl (C=O) groups excluding carboxylic acids is 1. The Kier molecular flexibility index (Phi) is 5.17. The zero-order valence-corrected chi connectivity index (χ0v) is 12.8. The number of benzene rings is 1. The number of rotatable bonds is 4. The van der Waals surface area contributed by atoms with E-state index in [2.05, 4.69) is 17.6 Å². The summed E-state index contributed by atoms with van der Waals surface area (Å²) in [6.07, 6.45) is 1.63. The van der Waals surface area contributed by atoms with Crippen molar-refractivity contribution in [1.82, 2.24) is 10.6 Å². The lowest BCUT2D eigenvalue weighted by Crippen LogP contribution is -2.43. The Bertz CT molecular complexity index is 507. The molecule has 3 atom stereocenters. The zero-order valence-electron chi connectivity index (χ0n) is 12.8. The molecule has 5 heteroatoms. The van der Waals surface area contributed by atoms with Crippen LogP contribution in [0.1, 0.15) is 38.3 Å². The summed E-state index contributed by atoms with van der Waals surface area (Å²) in [5, 5.41) is 6.23. The lowest BCUT2D eigenvalue weighted by molar-refractivity contribution is -0.126. The number of methoxy groups -OCH3 is 1. The van der Waals surface area contributed by atoms with E-state index in [1.54, 1.807) is 19.1 Å². The molecule has 1 aromatic carbocycles. The first kappa shape index (κ1) is 15.8. The zero-order chi connectivity index (χ0) is 15.4. The predicted molar refractivity (Wildman–Crippen MR) is 79.7 cm³/mol. The maximum atomic E-state index is 14.0. The van der Waals surface area contributed by atoms with Gasteiger partial charge in [0.15, 0.2) is 0 Å². The highest BCUT2D eigenvalue weighted by Crippen LogP contribution is 2.28. The molecule has 1 fully saturated rings. The first-order valence-corrected chi connectivity index (χ1v) is 7.39. The van der Waals surface area contributed by atoms with Gasteiger partial charge in [0.1, 0.15) is 11.6 Å². The molecule has 0 bridgehead atoms. The van der Waals surface area contributed by atoms with Gasteiger partial charge < -0.3 is 15.4 Å². The van der Waals surface area contributed by atoms with E-state index in [1.165, 1.54) is 13.2 Å². The highest BCUT2D eigenvalue weighted by molar-refractivity contribution is 5.79. The van der Waals surface area contributed by atoms with Gasteiger partial charge in [0.25, 0.3) is 0 Å². The largest absolute Gasteiger partial charge is 0.496 e. The summed E-state index contributed by atoms with van der Waals surface area (Å²) < 4.78 is 19.2. The molecule has 0 radical (unpaired) electrons. The number of carbonyl (C=O) groups is 1. The van der Waals surface area contributed by atoms with Crippen LogP contribution in [0.5, 0.6) is 5.75 Å². The van der Waals surface area contributed by atoms with Gasteiger partial charge in [0.05, 0.1) is 18.7 Å². The molecule has 1 aliphatic heterocycles. The fraction of sp³-hybridized carbons (Fsp3) is 0.562. The molecule has 2 rings (SSSR count). The van der Waals surface area contributed by atoms with E-state index in [-0.39, 0.29) is 17.6 Å². The van der Waals surface area contributed by atoms with Crippen molar-refractivity contribution in [1.29, 1.82) is 0 Å². The number of amides is 1. The molecule has 0 spiro atoms. The highest BCUT2D eigenvalue weighted by atomic mass is 19.1. The summed E-state index contributed by atoms with van der Waals surface area (Å²) in [7, 11) is 1.50. The molecule has 1 aromatic rings. The van der Waals surface area contributed by atoms with Crippen LogP contribution in [0.2, 0.25) is 0 Å². The van der Waals surface area contributed by atoms with Crippen molar-refractivity contribution in [2.24, 2.45) is 5.92 Å². The van der Waals surface area contributed by atoms with Crippen LogP contribution in [0.4, 0.5) is 4.39 Å². The van der Waals surface area contributed by atoms with Gasteiger partial charge in [-0.1, -0.05) is 6.07 Å². The van der Waals surface area contributed by atoms with Gasteiger partial charge in [-0.15, -0.1) is 0 Å². The Morgan fingerprint density at radius 1 is 1.52 bits per heavy atom. The van der Waals surface area contributed by atoms with Gasteiger partial charge in [0, 0.05) is 12.0 Å². The molecule has 0 aliphatic carbocycles. The summed E-state index contributed by atoms with van der Waals surface area (Å²) in [6.45, 7) is 4.70. The first-order valence-electron chi connectivity index (χ1n) is 7.39. The Hall–Kier alpha value is -1.62. The van der Waals surface area contributed by atoms with Gasteiger partial charge >= 0.3 is 0 Å². The summed E-state index contributed by atoms with van der Waals surface area (Å²) in [5.41, 5.74) is 0.398. The van der Waals surface area contributed by atoms with Crippen LogP contribution in [-0.2, 0) is 4.79 Å². The second-order valence-corrected chi connectivity index (χ2v) is 5.66. The summed E-state index contributed by atoms with van der Waals surface area (Å²) in [6, 6.07) is 4.60. The van der Waals surface area contributed by atoms with Gasteiger partial charge in [-0.3, -0.25) is 4.79 Å². The second-order valence-electron chi connectivity index (χ2n) is 5.66. The van der Waals surface area contributed by atoms with Crippen molar-refractivity contribution in [2.45, 2.75) is 38.8 Å². The van der Waals surface area contributed by atoms with Crippen molar-refractivity contribution < 1.29 is 13.9 Å². The van der Waals surface area contributed by atoms with Crippen LogP contribution < -0.4 is 15.4 Å². The molecular formula is C16H23FN2O2. The van der Waals surface area contributed by atoms with E-state index in [1.807, 2.05) is 0 Å². The van der Waals surface area contributed by atoms with Crippen LogP contribution in [0, 0.1) is 11.7 Å². The van der Waals surface area contributed by atoms with E-state index in [0.29, 0.717) is 17.4 Å². The summed E-state index contributed by atoms with van der Waals surface area (Å²) >= 11 is 0. The van der Waals surface area contributed by atoms with Crippen molar-refractivity contribution in [3.63, 3.8) is 0 Å². The van der Waals surface area contributed by atoms with Crippen molar-refractivity contribution >= 4 is 5.91 Å². The third-order valence-electron chi connectivity index (χ3n) is 4.02. The molecule has 1 aliphatic rings. The number of hydrogen-bond acceptors (Lipinski definition) is 3. The standard InChI is InChI=1S/C16H23FN2O2/c1-10-9-12(7-8-18-10)16(20)19-11(2)15-13(17)5-4-6-14(15)21-3/h4-6,10-12,18H,7-9H2,1-3H3,(H,19,20)/t10-,11?,12-/m0/s1. The normalized spacial score (nSPS) is 23.4. The molecule has 4 nitrogen and oxygen atoms in total. The average Bonchev–Trinajstić information content (AvgIpc) is 2.46. The number of ether oxygens (including phenoxy) is 1. The SMILES string of the molecule is COc1cccc(F)c1C(C)NC(=O)[C@H]1CCN[C@@H](C)C1. The minimum absolute atomic E-state index is 0.0125. The van der Waals surface area contributed by atoms with Crippen molar-refractivity contribution in [3.05, 3.63) is 29.6 Å². The molecular weight excluding hydrogens is 271 g/mol. The van der Waals surface area contributed by atoms with Gasteiger partial charge in [-0.05, 0) is 45.4 Å². The molecule has 21 heavy (non-hydrogen) atoms. The van der Waals surface area contributed by atoms with E-state index in [4.69, 9.17) is 4.74 Å². The fourth-order valence-electron chi connectivity index (χ4n) is 2.89. The topological polar surface area (TPSA) is 50.4 Å². The lowest BCUT2D eigenvalue weighted by Gasteiger charge is -2.28. The minimum atomic E-state index is -0.418. The van der Waals surface area contributed by atoms with Crippen LogP contribution in [0.25, 0.3) is 0 Å². The fourth-order valence-corrected chi connectivity index (χ4v) is 2.89. The Balaban J connectivity index is 2.07. The Morgan fingerprint density at radius 3 is 2.95 bits per heavy atom. The molecule has 1 unspecified atom stereocenters. The molecule has 2 N–H and O–H groups in total. The van der Waals surface area contributed by atoms with E-state index in [0.717, 1.165) is 19.4 Å². The quantitative estimate of drug-likeness (QED) is 0.896. The Labute approximate surface area is 125 Å². The maximum absolute atomic E-state index is 14.0. The number of nitrogens with one attached hydrogen (secondary N) is 2. The number of hydrogen-bond donors (Lipinski definition) is 2. The van der Waals surface area contributed by atoms with Crippen LogP contribution in [0.3, 0.4) is 0 Å². The van der Waals surface area contributed by atoms with E-state index < -0.39 is 6.04 Å². The van der Waals surface area contributed by atoms with Crippen molar-refractivity contribution in [2.75, 3.05) is 13.7 Å².